The molecule has 1 N–H and O–H groups in total. The van der Waals surface area contributed by atoms with Crippen LogP contribution < -0.4 is 5.32 Å². The van der Waals surface area contributed by atoms with E-state index in [0.29, 0.717) is 13.2 Å². The zero-order chi connectivity index (χ0) is 5.82. The third-order valence-corrected chi connectivity index (χ3v) is 1.59. The minimum Gasteiger partial charge on any atom is -0.363 e. The average molecular weight is 206 g/mol. The smallest absolute Gasteiger partial charge is 0.188 e. The van der Waals surface area contributed by atoms with E-state index in [-0.39, 0.29) is 39.1 Å². The number of morpholine rings is 1. The van der Waals surface area contributed by atoms with E-state index >= 15 is 0 Å². The van der Waals surface area contributed by atoms with Crippen LogP contribution in [0.4, 0.5) is 0 Å². The molecule has 1 heterocycles. The predicted molar refractivity (Wildman–Crippen MR) is 44.7 cm³/mol. The van der Waals surface area contributed by atoms with Gasteiger partial charge in [-0.15, -0.1) is 24.8 Å². The Hall–Kier alpha value is 0.600. The van der Waals surface area contributed by atoms with Crippen LogP contribution in [0.25, 0.3) is 0 Å². The lowest BCUT2D eigenvalue weighted by Gasteiger charge is -2.16. The average Bonchev–Trinajstić information content (AvgIpc) is 1.90. The summed E-state index contributed by atoms with van der Waals surface area (Å²) in [5.41, 5.74) is 0. The van der Waals surface area contributed by atoms with Crippen LogP contribution in [-0.4, -0.2) is 25.5 Å². The number of hydrogen-bond donors (Lipinski definition) is 1. The maximum atomic E-state index is 10.1. The van der Waals surface area contributed by atoms with Gasteiger partial charge in [-0.3, -0.25) is 4.57 Å². The van der Waals surface area contributed by atoms with Crippen LogP contribution in [0.2, 0.25) is 0 Å². The van der Waals surface area contributed by atoms with E-state index in [1.54, 1.807) is 0 Å². The fourth-order valence-corrected chi connectivity index (χ4v) is 0.989. The first-order chi connectivity index (χ1) is 3.93. The second kappa shape index (κ2) is 7.70. The van der Waals surface area contributed by atoms with Crippen molar-refractivity contribution in [1.82, 2.24) is 5.32 Å². The second-order valence-electron chi connectivity index (χ2n) is 1.63. The molecule has 1 rings (SSSR count). The Morgan fingerprint density at radius 1 is 1.50 bits per heavy atom. The van der Waals surface area contributed by atoms with Crippen LogP contribution >= 0.6 is 33.3 Å². The molecule has 0 aliphatic carbocycles. The lowest BCUT2D eigenvalue weighted by atomic mass is 10.5. The molecule has 6 heteroatoms. The van der Waals surface area contributed by atoms with Gasteiger partial charge in [0.2, 0.25) is 0 Å². The molecule has 0 bridgehead atoms. The molecule has 0 amide bonds. The van der Waals surface area contributed by atoms with Gasteiger partial charge < -0.3 is 10.1 Å². The number of hydrogen-bond acceptors (Lipinski definition) is 3. The molecule has 0 aromatic rings. The first kappa shape index (κ1) is 13.2. The summed E-state index contributed by atoms with van der Waals surface area (Å²) in [6, 6.07) is 0. The van der Waals surface area contributed by atoms with Crippen LogP contribution in [-0.2, 0) is 9.30 Å². The van der Waals surface area contributed by atoms with Crippen LogP contribution in [0.5, 0.6) is 0 Å². The Kier molecular flexibility index (Phi) is 10.2. The van der Waals surface area contributed by atoms with Crippen molar-refractivity contribution in [1.29, 1.82) is 0 Å². The largest absolute Gasteiger partial charge is 0.363 e. The van der Waals surface area contributed by atoms with Gasteiger partial charge in [-0.25, -0.2) is 0 Å². The second-order valence-corrected chi connectivity index (χ2v) is 2.42. The summed E-state index contributed by atoms with van der Waals surface area (Å²) < 4.78 is 15.1. The van der Waals surface area contributed by atoms with Gasteiger partial charge in [0, 0.05) is 13.1 Å². The van der Waals surface area contributed by atoms with Crippen molar-refractivity contribution in [2.75, 3.05) is 19.7 Å². The van der Waals surface area contributed by atoms with Crippen LogP contribution in [0.1, 0.15) is 0 Å². The number of rotatable bonds is 1. The van der Waals surface area contributed by atoms with Gasteiger partial charge in [0.15, 0.2) is 8.46 Å². The van der Waals surface area contributed by atoms with Gasteiger partial charge in [0.1, 0.15) is 5.85 Å². The summed E-state index contributed by atoms with van der Waals surface area (Å²) in [5.74, 6) is -0.108. The highest BCUT2D eigenvalue weighted by molar-refractivity contribution is 7.24. The maximum absolute atomic E-state index is 10.1. The molecule has 1 aliphatic heterocycles. The normalized spacial score (nSPS) is 24.6. The molecule has 0 radical (unpaired) electrons. The Bertz CT molecular complexity index is 89.3. The summed E-state index contributed by atoms with van der Waals surface area (Å²) in [4.78, 5) is 0. The highest BCUT2D eigenvalue weighted by Crippen LogP contribution is 2.08. The Morgan fingerprint density at radius 3 is 2.50 bits per heavy atom. The molecule has 0 aromatic carbocycles. The third kappa shape index (κ3) is 4.42. The fourth-order valence-electron chi connectivity index (χ4n) is 0.619. The molecule has 1 aliphatic rings. The summed E-state index contributed by atoms with van der Waals surface area (Å²) in [5, 5.41) is 3.05. The molecule has 62 valence electrons. The summed E-state index contributed by atoms with van der Waals surface area (Å²) in [7, 11) is 0.0916. The zero-order valence-corrected chi connectivity index (χ0v) is 7.81. The lowest BCUT2D eigenvalue weighted by molar-refractivity contribution is 0.0815. The predicted octanol–water partition coefficient (Wildman–Crippen LogP) is 1.07. The molecule has 0 saturated carbocycles. The van der Waals surface area contributed by atoms with E-state index in [4.69, 9.17) is 4.74 Å². The molecule has 1 saturated heterocycles. The quantitative estimate of drug-likeness (QED) is 0.652. The van der Waals surface area contributed by atoms with Gasteiger partial charge in [-0.1, -0.05) is 0 Å². The third-order valence-electron chi connectivity index (χ3n) is 1.03. The minimum atomic E-state index is -0.108. The number of halogens is 2. The van der Waals surface area contributed by atoms with E-state index in [2.05, 4.69) is 5.32 Å². The molecule has 1 fully saturated rings. The van der Waals surface area contributed by atoms with Crippen molar-refractivity contribution >= 4 is 33.3 Å². The van der Waals surface area contributed by atoms with Crippen molar-refractivity contribution < 1.29 is 9.30 Å². The molecule has 3 nitrogen and oxygen atoms in total. The molecule has 0 spiro atoms. The van der Waals surface area contributed by atoms with E-state index in [0.717, 1.165) is 6.54 Å². The topological polar surface area (TPSA) is 38.3 Å². The van der Waals surface area contributed by atoms with Crippen molar-refractivity contribution in [3.63, 3.8) is 0 Å². The monoisotopic (exact) mass is 205 g/mol. The Balaban J connectivity index is 0. The SMILES string of the molecule is Cl.Cl.O=PC1CNCCO1. The molecule has 10 heavy (non-hydrogen) atoms. The molecule has 1 unspecified atom stereocenters. The first-order valence-electron chi connectivity index (χ1n) is 2.58. The summed E-state index contributed by atoms with van der Waals surface area (Å²) in [6.07, 6.45) is 0. The van der Waals surface area contributed by atoms with Crippen molar-refractivity contribution in [3.8, 4) is 0 Å². The van der Waals surface area contributed by atoms with E-state index in [1.165, 1.54) is 0 Å². The van der Waals surface area contributed by atoms with Gasteiger partial charge in [-0.05, 0) is 0 Å². The summed E-state index contributed by atoms with van der Waals surface area (Å²) >= 11 is 0. The molecule has 0 aromatic heterocycles. The molecular weight excluding hydrogens is 196 g/mol. The van der Waals surface area contributed by atoms with Gasteiger partial charge >= 0.3 is 0 Å². The van der Waals surface area contributed by atoms with Crippen LogP contribution in [0, 0.1) is 0 Å². The first-order valence-corrected chi connectivity index (χ1v) is 3.46. The highest BCUT2D eigenvalue weighted by atomic mass is 35.5. The number of nitrogens with one attached hydrogen (secondary N) is 1. The fraction of sp³-hybridized carbons (Fsp3) is 1.00. The van der Waals surface area contributed by atoms with Crippen molar-refractivity contribution in [3.05, 3.63) is 0 Å². The van der Waals surface area contributed by atoms with E-state index < -0.39 is 0 Å². The van der Waals surface area contributed by atoms with Gasteiger partial charge in [0.05, 0.1) is 6.61 Å². The number of ether oxygens (including phenoxy) is 1. The standard InChI is InChI=1S/C4H8NO2P.2ClH/c6-8-4-3-5-1-2-7-4;;/h4-5H,1-3H2;2*1H. The molecular formula is C4H10Cl2NO2P. The minimum absolute atomic E-state index is 0. The van der Waals surface area contributed by atoms with Crippen molar-refractivity contribution in [2.24, 2.45) is 0 Å². The van der Waals surface area contributed by atoms with Crippen LogP contribution in [0.3, 0.4) is 0 Å². The maximum Gasteiger partial charge on any atom is 0.188 e. The van der Waals surface area contributed by atoms with Crippen LogP contribution in [0.15, 0.2) is 0 Å². The van der Waals surface area contributed by atoms with E-state index in [9.17, 15) is 4.57 Å². The summed E-state index contributed by atoms with van der Waals surface area (Å²) in [6.45, 7) is 2.27. The van der Waals surface area contributed by atoms with Crippen molar-refractivity contribution in [2.45, 2.75) is 5.85 Å². The van der Waals surface area contributed by atoms with E-state index in [1.807, 2.05) is 0 Å². The molecule has 1 atom stereocenters. The highest BCUT2D eigenvalue weighted by Gasteiger charge is 2.11. The lowest BCUT2D eigenvalue weighted by Crippen LogP contribution is -2.35. The van der Waals surface area contributed by atoms with Gasteiger partial charge in [0.25, 0.3) is 0 Å². The Morgan fingerprint density at radius 2 is 2.20 bits per heavy atom. The Labute approximate surface area is 73.9 Å². The van der Waals surface area contributed by atoms with Gasteiger partial charge in [-0.2, -0.15) is 0 Å². The zero-order valence-electron chi connectivity index (χ0n) is 5.28.